The van der Waals surface area contributed by atoms with Crippen LogP contribution in [0.2, 0.25) is 0 Å². The first-order valence-electron chi connectivity index (χ1n) is 5.27. The minimum atomic E-state index is -1.02. The summed E-state index contributed by atoms with van der Waals surface area (Å²) in [6.45, 7) is 0. The molecule has 2 atom stereocenters. The van der Waals surface area contributed by atoms with Crippen LogP contribution < -0.4 is 5.32 Å². The molecule has 1 amide bonds. The van der Waals surface area contributed by atoms with Gasteiger partial charge in [0.25, 0.3) is 0 Å². The number of aliphatic carboxylic acids is 1. The smallest absolute Gasteiger partial charge is 0.307 e. The molecule has 0 saturated heterocycles. The van der Waals surface area contributed by atoms with Crippen LogP contribution in [0.5, 0.6) is 0 Å². The van der Waals surface area contributed by atoms with Crippen molar-refractivity contribution in [1.82, 2.24) is 0 Å². The molecule has 1 aromatic rings. The number of hydrogen-bond acceptors (Lipinski definition) is 3. The van der Waals surface area contributed by atoms with Gasteiger partial charge in [0.05, 0.1) is 17.5 Å². The topological polar surface area (TPSA) is 90.2 Å². The van der Waals surface area contributed by atoms with Crippen molar-refractivity contribution in [2.75, 3.05) is 5.32 Å². The molecule has 2 rings (SSSR count). The van der Waals surface area contributed by atoms with Crippen molar-refractivity contribution in [3.05, 3.63) is 29.6 Å². The van der Waals surface area contributed by atoms with Crippen LogP contribution >= 0.6 is 0 Å². The first-order valence-corrected chi connectivity index (χ1v) is 5.27. The van der Waals surface area contributed by atoms with Gasteiger partial charge in [-0.05, 0) is 18.6 Å². The van der Waals surface area contributed by atoms with Crippen molar-refractivity contribution in [3.8, 4) is 6.07 Å². The van der Waals surface area contributed by atoms with E-state index in [1.165, 1.54) is 12.1 Å². The number of carbonyl (C=O) groups is 2. The first kappa shape index (κ1) is 12.0. The number of nitriles is 1. The lowest BCUT2D eigenvalue weighted by Crippen LogP contribution is -2.17. The predicted octanol–water partition coefficient (Wildman–Crippen LogP) is 1.36. The lowest BCUT2D eigenvalue weighted by Gasteiger charge is -2.06. The summed E-state index contributed by atoms with van der Waals surface area (Å²) in [5.74, 6) is -3.51. The Morgan fingerprint density at radius 2 is 2.17 bits per heavy atom. The van der Waals surface area contributed by atoms with E-state index in [2.05, 4.69) is 5.32 Å². The summed E-state index contributed by atoms with van der Waals surface area (Å²) in [4.78, 5) is 22.3. The largest absolute Gasteiger partial charge is 0.481 e. The van der Waals surface area contributed by atoms with Crippen molar-refractivity contribution < 1.29 is 19.1 Å². The maximum Gasteiger partial charge on any atom is 0.307 e. The Labute approximate surface area is 102 Å². The number of anilines is 1. The van der Waals surface area contributed by atoms with Crippen molar-refractivity contribution in [2.45, 2.75) is 6.42 Å². The van der Waals surface area contributed by atoms with Gasteiger partial charge >= 0.3 is 5.97 Å². The van der Waals surface area contributed by atoms with E-state index in [0.29, 0.717) is 0 Å². The summed E-state index contributed by atoms with van der Waals surface area (Å²) in [7, 11) is 0. The molecule has 1 aliphatic rings. The lowest BCUT2D eigenvalue weighted by atomic mass is 10.1. The van der Waals surface area contributed by atoms with Crippen molar-refractivity contribution in [1.29, 1.82) is 5.26 Å². The van der Waals surface area contributed by atoms with E-state index in [1.807, 2.05) is 0 Å². The van der Waals surface area contributed by atoms with Crippen LogP contribution in [0.15, 0.2) is 18.2 Å². The third-order valence-electron chi connectivity index (χ3n) is 2.83. The molecule has 0 aliphatic heterocycles. The van der Waals surface area contributed by atoms with Crippen molar-refractivity contribution >= 4 is 17.6 Å². The number of benzene rings is 1. The van der Waals surface area contributed by atoms with Gasteiger partial charge < -0.3 is 10.4 Å². The Hall–Kier alpha value is -2.42. The van der Waals surface area contributed by atoms with Gasteiger partial charge in [-0.3, -0.25) is 9.59 Å². The summed E-state index contributed by atoms with van der Waals surface area (Å²) in [5, 5.41) is 19.8. The zero-order valence-electron chi connectivity index (χ0n) is 9.18. The number of nitrogens with zero attached hydrogens (tertiary/aromatic N) is 1. The van der Waals surface area contributed by atoms with Crippen molar-refractivity contribution in [3.63, 3.8) is 0 Å². The Morgan fingerprint density at radius 1 is 1.44 bits per heavy atom. The number of hydrogen-bond donors (Lipinski definition) is 2. The molecule has 2 N–H and O–H groups in total. The standard InChI is InChI=1S/C12H9FN2O3/c13-9-2-1-3-10(8(9)5-14)15-11(16)6-4-7(6)12(17)18/h1-3,6-7H,4H2,(H,15,16)(H,17,18). The molecule has 0 aromatic heterocycles. The van der Waals surface area contributed by atoms with E-state index in [0.717, 1.165) is 6.07 Å². The number of halogens is 1. The lowest BCUT2D eigenvalue weighted by molar-refractivity contribution is -0.139. The second-order valence-electron chi connectivity index (χ2n) is 4.05. The summed E-state index contributed by atoms with van der Waals surface area (Å²) < 4.78 is 13.3. The van der Waals surface area contributed by atoms with Gasteiger partial charge in [0.1, 0.15) is 17.4 Å². The summed E-state index contributed by atoms with van der Waals surface area (Å²) >= 11 is 0. The van der Waals surface area contributed by atoms with E-state index in [1.54, 1.807) is 6.07 Å². The Morgan fingerprint density at radius 3 is 2.72 bits per heavy atom. The third kappa shape index (κ3) is 2.15. The van der Waals surface area contributed by atoms with Gasteiger partial charge in [0.2, 0.25) is 5.91 Å². The number of rotatable bonds is 3. The Kier molecular flexibility index (Phi) is 2.98. The van der Waals surface area contributed by atoms with Gasteiger partial charge in [-0.2, -0.15) is 5.26 Å². The van der Waals surface area contributed by atoms with Gasteiger partial charge in [-0.1, -0.05) is 6.07 Å². The van der Waals surface area contributed by atoms with E-state index in [4.69, 9.17) is 10.4 Å². The van der Waals surface area contributed by atoms with Gasteiger partial charge in [0.15, 0.2) is 0 Å². The van der Waals surface area contributed by atoms with Gasteiger partial charge in [-0.15, -0.1) is 0 Å². The number of nitrogens with one attached hydrogen (secondary N) is 1. The van der Waals surface area contributed by atoms with Gasteiger partial charge in [-0.25, -0.2) is 4.39 Å². The molecule has 1 aromatic carbocycles. The molecule has 0 heterocycles. The van der Waals surface area contributed by atoms with E-state index in [-0.39, 0.29) is 17.7 Å². The molecule has 0 radical (unpaired) electrons. The molecular formula is C12H9FN2O3. The quantitative estimate of drug-likeness (QED) is 0.844. The highest BCUT2D eigenvalue weighted by atomic mass is 19.1. The molecule has 6 heteroatoms. The molecule has 1 fully saturated rings. The second kappa shape index (κ2) is 4.45. The highest BCUT2D eigenvalue weighted by Gasteiger charge is 2.48. The highest BCUT2D eigenvalue weighted by Crippen LogP contribution is 2.39. The number of carboxylic acids is 1. The van der Waals surface area contributed by atoms with Gasteiger partial charge in [0, 0.05) is 0 Å². The fourth-order valence-corrected chi connectivity index (χ4v) is 1.73. The molecule has 18 heavy (non-hydrogen) atoms. The zero-order chi connectivity index (χ0) is 13.3. The zero-order valence-corrected chi connectivity index (χ0v) is 9.18. The normalized spacial score (nSPS) is 20.9. The molecule has 0 bridgehead atoms. The maximum absolute atomic E-state index is 13.3. The molecule has 2 unspecified atom stereocenters. The third-order valence-corrected chi connectivity index (χ3v) is 2.83. The minimum Gasteiger partial charge on any atom is -0.481 e. The summed E-state index contributed by atoms with van der Waals surface area (Å²) in [5.41, 5.74) is -0.183. The van der Waals surface area contributed by atoms with Crippen LogP contribution in [-0.4, -0.2) is 17.0 Å². The van der Waals surface area contributed by atoms with Crippen LogP contribution in [0.3, 0.4) is 0 Å². The number of carbonyl (C=O) groups excluding carboxylic acids is 1. The molecule has 92 valence electrons. The highest BCUT2D eigenvalue weighted by molar-refractivity contribution is 5.99. The molecule has 0 spiro atoms. The fourth-order valence-electron chi connectivity index (χ4n) is 1.73. The molecule has 5 nitrogen and oxygen atoms in total. The predicted molar refractivity (Wildman–Crippen MR) is 59.0 cm³/mol. The number of amides is 1. The Bertz CT molecular complexity index is 565. The first-order chi connectivity index (χ1) is 8.54. The van der Waals surface area contributed by atoms with Crippen LogP contribution in [-0.2, 0) is 9.59 Å². The fraction of sp³-hybridized carbons (Fsp3) is 0.250. The average molecular weight is 248 g/mol. The Balaban J connectivity index is 2.12. The van der Waals surface area contributed by atoms with E-state index in [9.17, 15) is 14.0 Å². The van der Waals surface area contributed by atoms with Crippen LogP contribution in [0.25, 0.3) is 0 Å². The molecule has 1 aliphatic carbocycles. The molecular weight excluding hydrogens is 239 g/mol. The maximum atomic E-state index is 13.3. The van der Waals surface area contributed by atoms with Crippen molar-refractivity contribution in [2.24, 2.45) is 11.8 Å². The van der Waals surface area contributed by atoms with Crippen LogP contribution in [0, 0.1) is 29.0 Å². The van der Waals surface area contributed by atoms with E-state index < -0.39 is 29.5 Å². The minimum absolute atomic E-state index is 0.0681. The average Bonchev–Trinajstić information content (AvgIpc) is 3.09. The number of carboxylic acid groups (broad SMARTS) is 1. The second-order valence-corrected chi connectivity index (χ2v) is 4.05. The van der Waals surface area contributed by atoms with Crippen LogP contribution in [0.1, 0.15) is 12.0 Å². The van der Waals surface area contributed by atoms with Crippen LogP contribution in [0.4, 0.5) is 10.1 Å². The monoisotopic (exact) mass is 248 g/mol. The summed E-state index contributed by atoms with van der Waals surface area (Å²) in [6.07, 6.45) is 0.276. The molecule has 1 saturated carbocycles. The SMILES string of the molecule is N#Cc1c(F)cccc1NC(=O)C1CC1C(=O)O. The van der Waals surface area contributed by atoms with E-state index >= 15 is 0 Å². The summed E-state index contributed by atoms with van der Waals surface area (Å²) in [6, 6.07) is 5.54.